The number of rotatable bonds is 7. The molecule has 0 aliphatic rings. The first-order valence-electron chi connectivity index (χ1n) is 8.25. The van der Waals surface area contributed by atoms with Gasteiger partial charge >= 0.3 is 0 Å². The number of ether oxygens (including phenoxy) is 1. The summed E-state index contributed by atoms with van der Waals surface area (Å²) in [7, 11) is 0. The Kier molecular flexibility index (Phi) is 4.79. The lowest BCUT2D eigenvalue weighted by molar-refractivity contribution is 0.0346. The molecule has 0 N–H and O–H groups in total. The largest absolute Gasteiger partial charge is 0.374 e. The van der Waals surface area contributed by atoms with Crippen molar-refractivity contribution in [3.63, 3.8) is 0 Å². The Labute approximate surface area is 150 Å². The Bertz CT molecular complexity index is 987. The van der Waals surface area contributed by atoms with E-state index in [-0.39, 0.29) is 13.2 Å². The number of para-hydroxylation sites is 1. The standard InChI is InChI=1S/C19H17N5O2/c1-2-6-15(7-3-1)12-25-14-19-21-23-24(22-19)26-13-17-11-10-16-8-4-5-9-18(16)20-17/h1-11H,12-14H2. The summed E-state index contributed by atoms with van der Waals surface area (Å²) in [5.41, 5.74) is 2.82. The zero-order valence-electron chi connectivity index (χ0n) is 14.0. The van der Waals surface area contributed by atoms with Crippen LogP contribution in [0.4, 0.5) is 0 Å². The molecule has 0 spiro atoms. The molecule has 0 atom stereocenters. The van der Waals surface area contributed by atoms with Crippen molar-refractivity contribution in [3.8, 4) is 0 Å². The van der Waals surface area contributed by atoms with Gasteiger partial charge in [0.1, 0.15) is 6.61 Å². The van der Waals surface area contributed by atoms with Gasteiger partial charge in [0.25, 0.3) is 0 Å². The Morgan fingerprint density at radius 2 is 1.65 bits per heavy atom. The van der Waals surface area contributed by atoms with E-state index in [0.29, 0.717) is 12.4 Å². The van der Waals surface area contributed by atoms with Crippen molar-refractivity contribution in [1.29, 1.82) is 0 Å². The van der Waals surface area contributed by atoms with Crippen molar-refractivity contribution in [1.82, 2.24) is 25.4 Å². The van der Waals surface area contributed by atoms with Crippen molar-refractivity contribution in [2.45, 2.75) is 19.8 Å². The maximum absolute atomic E-state index is 5.58. The van der Waals surface area contributed by atoms with E-state index < -0.39 is 0 Å². The molecule has 0 radical (unpaired) electrons. The molecule has 0 bridgehead atoms. The number of pyridine rings is 1. The molecule has 0 amide bonds. The molecule has 0 saturated carbocycles. The highest BCUT2D eigenvalue weighted by atomic mass is 16.7. The molecule has 0 unspecified atom stereocenters. The lowest BCUT2D eigenvalue weighted by atomic mass is 10.2. The van der Waals surface area contributed by atoms with E-state index in [1.54, 1.807) is 0 Å². The number of fused-ring (bicyclic) bond motifs is 1. The maximum Gasteiger partial charge on any atom is 0.204 e. The third-order valence-electron chi connectivity index (χ3n) is 3.76. The minimum Gasteiger partial charge on any atom is -0.374 e. The van der Waals surface area contributed by atoms with Crippen LogP contribution < -0.4 is 4.84 Å². The van der Waals surface area contributed by atoms with Crippen LogP contribution in [0.3, 0.4) is 0 Å². The zero-order valence-corrected chi connectivity index (χ0v) is 14.0. The average Bonchev–Trinajstić information content (AvgIpc) is 3.15. The lowest BCUT2D eigenvalue weighted by Crippen LogP contribution is -2.15. The Balaban J connectivity index is 1.30. The van der Waals surface area contributed by atoms with Crippen LogP contribution in [0, 0.1) is 0 Å². The monoisotopic (exact) mass is 347 g/mol. The van der Waals surface area contributed by atoms with E-state index in [1.165, 1.54) is 0 Å². The predicted molar refractivity (Wildman–Crippen MR) is 94.8 cm³/mol. The van der Waals surface area contributed by atoms with Crippen LogP contribution >= 0.6 is 0 Å². The Hall–Kier alpha value is -3.32. The van der Waals surface area contributed by atoms with E-state index in [0.717, 1.165) is 27.1 Å². The van der Waals surface area contributed by atoms with Gasteiger partial charge in [0.15, 0.2) is 6.61 Å². The fourth-order valence-electron chi connectivity index (χ4n) is 2.49. The lowest BCUT2D eigenvalue weighted by Gasteiger charge is -2.03. The molecular formula is C19H17N5O2. The van der Waals surface area contributed by atoms with Crippen LogP contribution in [-0.2, 0) is 24.6 Å². The van der Waals surface area contributed by atoms with Crippen LogP contribution in [0.5, 0.6) is 0 Å². The predicted octanol–water partition coefficient (Wildman–Crippen LogP) is 2.57. The highest BCUT2D eigenvalue weighted by Crippen LogP contribution is 2.11. The van der Waals surface area contributed by atoms with Crippen LogP contribution in [0.1, 0.15) is 17.1 Å². The van der Waals surface area contributed by atoms with Crippen molar-refractivity contribution >= 4 is 10.9 Å². The smallest absolute Gasteiger partial charge is 0.204 e. The molecular weight excluding hydrogens is 330 g/mol. The Morgan fingerprint density at radius 3 is 2.58 bits per heavy atom. The van der Waals surface area contributed by atoms with Crippen molar-refractivity contribution < 1.29 is 9.57 Å². The van der Waals surface area contributed by atoms with E-state index in [9.17, 15) is 0 Å². The number of hydrogen-bond acceptors (Lipinski definition) is 6. The number of nitrogens with zero attached hydrogens (tertiary/aromatic N) is 5. The summed E-state index contributed by atoms with van der Waals surface area (Å²) in [5, 5.41) is 13.0. The molecule has 2 heterocycles. The van der Waals surface area contributed by atoms with Gasteiger partial charge in [-0.05, 0) is 22.9 Å². The molecule has 26 heavy (non-hydrogen) atoms. The van der Waals surface area contributed by atoms with Gasteiger partial charge in [-0.2, -0.15) is 0 Å². The third-order valence-corrected chi connectivity index (χ3v) is 3.76. The summed E-state index contributed by atoms with van der Waals surface area (Å²) in [4.78, 5) is 11.1. The summed E-state index contributed by atoms with van der Waals surface area (Å²) in [6.07, 6.45) is 0. The van der Waals surface area contributed by atoms with Crippen molar-refractivity contribution in [2.24, 2.45) is 0 Å². The molecule has 7 heteroatoms. The van der Waals surface area contributed by atoms with Gasteiger partial charge < -0.3 is 9.57 Å². The maximum atomic E-state index is 5.58. The second kappa shape index (κ2) is 7.71. The third kappa shape index (κ3) is 4.01. The van der Waals surface area contributed by atoms with Gasteiger partial charge in [-0.25, -0.2) is 4.98 Å². The number of hydrogen-bond donors (Lipinski definition) is 0. The summed E-state index contributed by atoms with van der Waals surface area (Å²) >= 11 is 0. The van der Waals surface area contributed by atoms with Crippen LogP contribution in [0.2, 0.25) is 0 Å². The molecule has 7 nitrogen and oxygen atoms in total. The van der Waals surface area contributed by atoms with E-state index in [2.05, 4.69) is 20.4 Å². The van der Waals surface area contributed by atoms with Gasteiger partial charge in [0.2, 0.25) is 5.82 Å². The van der Waals surface area contributed by atoms with E-state index in [1.807, 2.05) is 66.7 Å². The Morgan fingerprint density at radius 1 is 0.808 bits per heavy atom. The fourth-order valence-corrected chi connectivity index (χ4v) is 2.49. The van der Waals surface area contributed by atoms with E-state index in [4.69, 9.17) is 9.57 Å². The minimum absolute atomic E-state index is 0.255. The number of aromatic nitrogens is 5. The first kappa shape index (κ1) is 16.2. The van der Waals surface area contributed by atoms with Crippen LogP contribution in [0.15, 0.2) is 66.7 Å². The molecule has 4 aromatic rings. The molecule has 2 aromatic heterocycles. The van der Waals surface area contributed by atoms with Crippen molar-refractivity contribution in [2.75, 3.05) is 0 Å². The SMILES string of the molecule is c1ccc(COCc2nnn(OCc3ccc4ccccc4n3)n2)cc1. The molecule has 0 aliphatic carbocycles. The highest BCUT2D eigenvalue weighted by molar-refractivity contribution is 5.78. The molecule has 0 aliphatic heterocycles. The van der Waals surface area contributed by atoms with Gasteiger partial charge in [0, 0.05) is 10.3 Å². The zero-order chi connectivity index (χ0) is 17.6. The second-order valence-electron chi connectivity index (χ2n) is 5.71. The summed E-state index contributed by atoms with van der Waals surface area (Å²) in [5.74, 6) is 0.465. The normalized spacial score (nSPS) is 10.9. The highest BCUT2D eigenvalue weighted by Gasteiger charge is 2.05. The number of benzene rings is 2. The summed E-state index contributed by atoms with van der Waals surface area (Å²) in [6.45, 7) is 1.02. The first-order valence-corrected chi connectivity index (χ1v) is 8.25. The van der Waals surface area contributed by atoms with E-state index >= 15 is 0 Å². The summed E-state index contributed by atoms with van der Waals surface area (Å²) in [6, 6.07) is 21.8. The molecule has 0 saturated heterocycles. The second-order valence-corrected chi connectivity index (χ2v) is 5.71. The van der Waals surface area contributed by atoms with Gasteiger partial charge in [-0.15, -0.1) is 5.10 Å². The topological polar surface area (TPSA) is 75.0 Å². The molecule has 0 fully saturated rings. The van der Waals surface area contributed by atoms with Gasteiger partial charge in [0.05, 0.1) is 17.8 Å². The summed E-state index contributed by atoms with van der Waals surface area (Å²) < 4.78 is 5.58. The fraction of sp³-hybridized carbons (Fsp3) is 0.158. The minimum atomic E-state index is 0.255. The number of tetrazole rings is 1. The molecule has 4 rings (SSSR count). The average molecular weight is 347 g/mol. The van der Waals surface area contributed by atoms with Crippen LogP contribution in [0.25, 0.3) is 10.9 Å². The van der Waals surface area contributed by atoms with Crippen LogP contribution in [-0.4, -0.2) is 25.4 Å². The quantitative estimate of drug-likeness (QED) is 0.511. The molecule has 2 aromatic carbocycles. The van der Waals surface area contributed by atoms with Crippen molar-refractivity contribution in [3.05, 3.63) is 83.8 Å². The van der Waals surface area contributed by atoms with Gasteiger partial charge in [-0.1, -0.05) is 59.7 Å². The molecule has 130 valence electrons. The van der Waals surface area contributed by atoms with Gasteiger partial charge in [-0.3, -0.25) is 0 Å². The first-order chi connectivity index (χ1) is 12.9.